The Morgan fingerprint density at radius 1 is 1.25 bits per heavy atom. The molecule has 1 heterocycles. The number of aliphatic imine (C=N–C) groups is 1. The van der Waals surface area contributed by atoms with Gasteiger partial charge in [0.05, 0.1) is 5.02 Å². The number of nitrogens with one attached hydrogen (secondary N) is 1. The molecule has 1 aliphatic rings. The van der Waals surface area contributed by atoms with E-state index >= 15 is 0 Å². The molecular formula is C14H10BrClN2O2. The lowest BCUT2D eigenvalue weighted by atomic mass is 10.1. The minimum atomic E-state index is -0.612. The van der Waals surface area contributed by atoms with Crippen molar-refractivity contribution < 1.29 is 9.94 Å². The van der Waals surface area contributed by atoms with E-state index in [1.165, 1.54) is 0 Å². The van der Waals surface area contributed by atoms with Crippen molar-refractivity contribution in [2.24, 2.45) is 4.99 Å². The average Bonchev–Trinajstić information content (AvgIpc) is 2.91. The van der Waals surface area contributed by atoms with Crippen molar-refractivity contribution in [1.29, 1.82) is 0 Å². The Morgan fingerprint density at radius 3 is 2.85 bits per heavy atom. The minimum Gasteiger partial charge on any atom is -0.507 e. The lowest BCUT2D eigenvalue weighted by molar-refractivity contribution is 0.0363. The van der Waals surface area contributed by atoms with Crippen LogP contribution < -0.4 is 5.48 Å². The fourth-order valence-corrected chi connectivity index (χ4v) is 2.52. The van der Waals surface area contributed by atoms with E-state index < -0.39 is 6.23 Å². The Morgan fingerprint density at radius 2 is 2.05 bits per heavy atom. The fourth-order valence-electron chi connectivity index (χ4n) is 1.92. The summed E-state index contributed by atoms with van der Waals surface area (Å²) >= 11 is 9.48. The lowest BCUT2D eigenvalue weighted by Crippen LogP contribution is -2.18. The average molecular weight is 354 g/mol. The molecule has 0 radical (unpaired) electrons. The van der Waals surface area contributed by atoms with E-state index in [0.717, 1.165) is 10.0 Å². The van der Waals surface area contributed by atoms with E-state index in [0.29, 0.717) is 16.4 Å². The number of rotatable bonds is 2. The van der Waals surface area contributed by atoms with Crippen LogP contribution >= 0.6 is 27.5 Å². The van der Waals surface area contributed by atoms with Crippen LogP contribution in [0.4, 0.5) is 0 Å². The van der Waals surface area contributed by atoms with Gasteiger partial charge in [-0.1, -0.05) is 39.7 Å². The number of benzene rings is 2. The summed E-state index contributed by atoms with van der Waals surface area (Å²) in [6.45, 7) is 0. The van der Waals surface area contributed by atoms with Crippen LogP contribution in [0.25, 0.3) is 0 Å². The molecule has 6 heteroatoms. The van der Waals surface area contributed by atoms with Crippen molar-refractivity contribution in [3.8, 4) is 5.75 Å². The molecule has 0 aromatic heterocycles. The zero-order valence-electron chi connectivity index (χ0n) is 10.2. The number of hydrogen-bond acceptors (Lipinski definition) is 4. The van der Waals surface area contributed by atoms with Gasteiger partial charge in [0, 0.05) is 15.6 Å². The monoisotopic (exact) mass is 352 g/mol. The highest BCUT2D eigenvalue weighted by atomic mass is 79.9. The number of halogens is 2. The van der Waals surface area contributed by atoms with Crippen LogP contribution in [0.3, 0.4) is 0 Å². The zero-order valence-corrected chi connectivity index (χ0v) is 12.5. The predicted molar refractivity (Wildman–Crippen MR) is 80.8 cm³/mol. The Hall–Kier alpha value is -1.56. The van der Waals surface area contributed by atoms with E-state index in [4.69, 9.17) is 16.4 Å². The Labute approximate surface area is 129 Å². The lowest BCUT2D eigenvalue weighted by Gasteiger charge is -2.08. The molecule has 4 nitrogen and oxygen atoms in total. The number of nitrogens with zero attached hydrogens (tertiary/aromatic N) is 1. The van der Waals surface area contributed by atoms with Crippen molar-refractivity contribution in [2.45, 2.75) is 6.23 Å². The minimum absolute atomic E-state index is 0.129. The number of hydroxylamine groups is 1. The summed E-state index contributed by atoms with van der Waals surface area (Å²) in [5, 5.41) is 10.5. The van der Waals surface area contributed by atoms with Gasteiger partial charge in [-0.05, 0) is 30.3 Å². The number of aromatic hydroxyl groups is 1. The normalized spacial score (nSPS) is 17.7. The first-order valence-corrected chi connectivity index (χ1v) is 7.05. The van der Waals surface area contributed by atoms with Gasteiger partial charge in [0.15, 0.2) is 5.84 Å². The SMILES string of the molecule is Oc1ccc(Br)cc1[C@H]1N=C(c2ccccc2Cl)NO1. The molecule has 1 atom stereocenters. The molecule has 2 aromatic rings. The van der Waals surface area contributed by atoms with E-state index in [1.807, 2.05) is 18.2 Å². The molecule has 2 aromatic carbocycles. The van der Waals surface area contributed by atoms with E-state index in [1.54, 1.807) is 24.3 Å². The molecule has 0 unspecified atom stereocenters. The van der Waals surface area contributed by atoms with Crippen molar-refractivity contribution >= 4 is 33.4 Å². The van der Waals surface area contributed by atoms with Gasteiger partial charge < -0.3 is 5.11 Å². The molecule has 0 saturated carbocycles. The van der Waals surface area contributed by atoms with E-state index in [-0.39, 0.29) is 5.75 Å². The summed E-state index contributed by atoms with van der Waals surface area (Å²) in [6, 6.07) is 12.5. The second kappa shape index (κ2) is 5.44. The summed E-state index contributed by atoms with van der Waals surface area (Å²) in [5.41, 5.74) is 4.08. The molecule has 0 bridgehead atoms. The number of amidine groups is 1. The van der Waals surface area contributed by atoms with Gasteiger partial charge in [0.25, 0.3) is 0 Å². The highest BCUT2D eigenvalue weighted by Gasteiger charge is 2.24. The number of phenolic OH excluding ortho intramolecular Hbond substituents is 1. The highest BCUT2D eigenvalue weighted by molar-refractivity contribution is 9.10. The van der Waals surface area contributed by atoms with Crippen molar-refractivity contribution in [3.05, 3.63) is 63.1 Å². The zero-order chi connectivity index (χ0) is 14.1. The third kappa shape index (κ3) is 2.52. The molecule has 102 valence electrons. The molecule has 20 heavy (non-hydrogen) atoms. The van der Waals surface area contributed by atoms with Crippen molar-refractivity contribution in [2.75, 3.05) is 0 Å². The van der Waals surface area contributed by atoms with Gasteiger partial charge in [0.1, 0.15) is 5.75 Å². The third-order valence-electron chi connectivity index (χ3n) is 2.90. The van der Waals surface area contributed by atoms with Gasteiger partial charge in [-0.2, -0.15) is 0 Å². The van der Waals surface area contributed by atoms with Crippen LogP contribution in [0.2, 0.25) is 5.02 Å². The summed E-state index contributed by atoms with van der Waals surface area (Å²) in [5.74, 6) is 0.670. The predicted octanol–water partition coefficient (Wildman–Crippen LogP) is 3.79. The van der Waals surface area contributed by atoms with Crippen LogP contribution in [0.5, 0.6) is 5.75 Å². The summed E-state index contributed by atoms with van der Waals surface area (Å²) in [4.78, 5) is 9.81. The highest BCUT2D eigenvalue weighted by Crippen LogP contribution is 2.33. The molecule has 0 aliphatic carbocycles. The van der Waals surface area contributed by atoms with Gasteiger partial charge in [-0.25, -0.2) is 15.3 Å². The summed E-state index contributed by atoms with van der Waals surface area (Å²) in [7, 11) is 0. The van der Waals surface area contributed by atoms with E-state index in [9.17, 15) is 5.11 Å². The van der Waals surface area contributed by atoms with Gasteiger partial charge in [-0.15, -0.1) is 0 Å². The molecule has 0 fully saturated rings. The van der Waals surface area contributed by atoms with Crippen LogP contribution in [-0.4, -0.2) is 10.9 Å². The van der Waals surface area contributed by atoms with Crippen molar-refractivity contribution in [3.63, 3.8) is 0 Å². The first kappa shape index (κ1) is 13.4. The fraction of sp³-hybridized carbons (Fsp3) is 0.0714. The smallest absolute Gasteiger partial charge is 0.206 e. The molecule has 3 rings (SSSR count). The second-order valence-corrected chi connectivity index (χ2v) is 5.56. The largest absolute Gasteiger partial charge is 0.507 e. The van der Waals surface area contributed by atoms with Gasteiger partial charge in [0.2, 0.25) is 6.23 Å². The Balaban J connectivity index is 1.96. The second-order valence-electron chi connectivity index (χ2n) is 4.23. The maximum absolute atomic E-state index is 9.88. The number of hydrogen-bond donors (Lipinski definition) is 2. The van der Waals surface area contributed by atoms with E-state index in [2.05, 4.69) is 26.4 Å². The Bertz CT molecular complexity index is 691. The van der Waals surface area contributed by atoms with Gasteiger partial charge >= 0.3 is 0 Å². The maximum Gasteiger partial charge on any atom is 0.206 e. The summed E-state index contributed by atoms with van der Waals surface area (Å²) in [6.07, 6.45) is -0.612. The topological polar surface area (TPSA) is 53.9 Å². The first-order chi connectivity index (χ1) is 9.65. The molecule has 2 N–H and O–H groups in total. The molecule has 1 aliphatic heterocycles. The maximum atomic E-state index is 9.88. The molecule has 0 spiro atoms. The Kier molecular flexibility index (Phi) is 3.65. The van der Waals surface area contributed by atoms with Gasteiger partial charge in [-0.3, -0.25) is 0 Å². The quantitative estimate of drug-likeness (QED) is 0.864. The summed E-state index contributed by atoms with van der Waals surface area (Å²) < 4.78 is 0.843. The first-order valence-electron chi connectivity index (χ1n) is 5.88. The molecule has 0 amide bonds. The molecular weight excluding hydrogens is 344 g/mol. The number of phenols is 1. The van der Waals surface area contributed by atoms with Crippen LogP contribution in [0, 0.1) is 0 Å². The molecule has 0 saturated heterocycles. The third-order valence-corrected chi connectivity index (χ3v) is 3.72. The van der Waals surface area contributed by atoms with Crippen LogP contribution in [0.1, 0.15) is 17.4 Å². The standard InChI is InChI=1S/C14H10BrClN2O2/c15-8-5-6-12(19)10(7-8)14-17-13(18-20-14)9-3-1-2-4-11(9)16/h1-7,14,19H,(H,17,18)/t14-/m0/s1. The van der Waals surface area contributed by atoms with Crippen molar-refractivity contribution in [1.82, 2.24) is 5.48 Å². The van der Waals surface area contributed by atoms with Crippen LogP contribution in [-0.2, 0) is 4.84 Å². The van der Waals surface area contributed by atoms with Crippen LogP contribution in [0.15, 0.2) is 51.9 Å².